The van der Waals surface area contributed by atoms with Gasteiger partial charge >= 0.3 is 6.18 Å². The van der Waals surface area contributed by atoms with Gasteiger partial charge in [0.15, 0.2) is 0 Å². The molecule has 0 bridgehead atoms. The summed E-state index contributed by atoms with van der Waals surface area (Å²) in [6.07, 6.45) is -2.57. The number of likely N-dealkylation sites (tertiary alicyclic amines) is 2. The van der Waals surface area contributed by atoms with Crippen LogP contribution in [0.5, 0.6) is 0 Å². The average Bonchev–Trinajstić information content (AvgIpc) is 2.63. The number of carbonyl (C=O) groups is 2. The largest absolute Gasteiger partial charge is 0.403 e. The first-order valence-corrected chi connectivity index (χ1v) is 11.3. The molecular weight excluding hydrogens is 450 g/mol. The maximum atomic E-state index is 13.4. The lowest BCUT2D eigenvalue weighted by molar-refractivity contribution is -0.251. The molecule has 1 saturated carbocycles. The number of hydrogen-bond acceptors (Lipinski definition) is 3. The van der Waals surface area contributed by atoms with Crippen LogP contribution in [0.4, 0.5) is 17.6 Å². The highest BCUT2D eigenvalue weighted by molar-refractivity contribution is 6.31. The summed E-state index contributed by atoms with van der Waals surface area (Å²) < 4.78 is 53.6. The number of rotatable bonds is 5. The Labute approximate surface area is 189 Å². The SMILES string of the molecule is O=C(NCC1CCN(C2CN(C(=O)C3(C(F)(F)F)CCC3)C2)CC1)c1cc(F)cc(Cl)c1. The van der Waals surface area contributed by atoms with Gasteiger partial charge in [0.2, 0.25) is 5.91 Å². The molecule has 3 aliphatic rings. The fourth-order valence-corrected chi connectivity index (χ4v) is 5.07. The van der Waals surface area contributed by atoms with Crippen LogP contribution in [0.15, 0.2) is 18.2 Å². The van der Waals surface area contributed by atoms with Crippen LogP contribution >= 0.6 is 11.6 Å². The highest BCUT2D eigenvalue weighted by atomic mass is 35.5. The molecule has 32 heavy (non-hydrogen) atoms. The predicted octanol–water partition coefficient (Wildman–Crippen LogP) is 3.86. The molecule has 3 fully saturated rings. The number of nitrogens with zero attached hydrogens (tertiary/aromatic N) is 2. The van der Waals surface area contributed by atoms with E-state index in [1.165, 1.54) is 11.0 Å². The summed E-state index contributed by atoms with van der Waals surface area (Å²) in [6.45, 7) is 2.69. The number of benzene rings is 1. The highest BCUT2D eigenvalue weighted by Crippen LogP contribution is 2.54. The number of halogens is 5. The van der Waals surface area contributed by atoms with Crippen LogP contribution in [-0.2, 0) is 4.79 Å². The minimum absolute atomic E-state index is 0.0919. The Morgan fingerprint density at radius 2 is 1.78 bits per heavy atom. The van der Waals surface area contributed by atoms with Crippen molar-refractivity contribution in [3.63, 3.8) is 0 Å². The lowest BCUT2D eigenvalue weighted by atomic mass is 9.66. The second kappa shape index (κ2) is 8.82. The normalized spacial score (nSPS) is 22.2. The Kier molecular flexibility index (Phi) is 6.42. The molecule has 0 radical (unpaired) electrons. The fraction of sp³-hybridized carbons (Fsp3) is 0.636. The van der Waals surface area contributed by atoms with Gasteiger partial charge in [-0.3, -0.25) is 14.5 Å². The average molecular weight is 476 g/mol. The van der Waals surface area contributed by atoms with Crippen molar-refractivity contribution in [2.24, 2.45) is 11.3 Å². The molecule has 0 spiro atoms. The molecule has 4 rings (SSSR count). The number of piperidine rings is 1. The molecule has 0 unspecified atom stereocenters. The first-order valence-electron chi connectivity index (χ1n) is 10.9. The second-order valence-electron chi connectivity index (χ2n) is 9.14. The van der Waals surface area contributed by atoms with Crippen LogP contribution in [0, 0.1) is 17.2 Å². The van der Waals surface area contributed by atoms with E-state index in [0.717, 1.165) is 38.1 Å². The van der Waals surface area contributed by atoms with E-state index in [9.17, 15) is 27.2 Å². The monoisotopic (exact) mass is 475 g/mol. The van der Waals surface area contributed by atoms with Crippen LogP contribution < -0.4 is 5.32 Å². The van der Waals surface area contributed by atoms with Crippen molar-refractivity contribution < 1.29 is 27.2 Å². The molecule has 10 heteroatoms. The summed E-state index contributed by atoms with van der Waals surface area (Å²) in [7, 11) is 0. The van der Waals surface area contributed by atoms with Gasteiger partial charge in [0.25, 0.3) is 5.91 Å². The topological polar surface area (TPSA) is 52.7 Å². The number of carbonyl (C=O) groups excluding carboxylic acids is 2. The molecule has 5 nitrogen and oxygen atoms in total. The lowest BCUT2D eigenvalue weighted by Crippen LogP contribution is -2.67. The van der Waals surface area contributed by atoms with Gasteiger partial charge < -0.3 is 10.2 Å². The van der Waals surface area contributed by atoms with Crippen molar-refractivity contribution >= 4 is 23.4 Å². The molecule has 2 heterocycles. The zero-order valence-electron chi connectivity index (χ0n) is 17.6. The molecule has 176 valence electrons. The van der Waals surface area contributed by atoms with E-state index in [2.05, 4.69) is 10.2 Å². The van der Waals surface area contributed by atoms with Crippen molar-refractivity contribution in [3.8, 4) is 0 Å². The quantitative estimate of drug-likeness (QED) is 0.658. The van der Waals surface area contributed by atoms with E-state index < -0.39 is 23.3 Å². The zero-order chi connectivity index (χ0) is 23.1. The Morgan fingerprint density at radius 1 is 1.12 bits per heavy atom. The van der Waals surface area contributed by atoms with Gasteiger partial charge in [0.05, 0.1) is 0 Å². The Bertz CT molecular complexity index is 856. The molecule has 1 aliphatic carbocycles. The van der Waals surface area contributed by atoms with Crippen molar-refractivity contribution in [3.05, 3.63) is 34.6 Å². The third-order valence-electron chi connectivity index (χ3n) is 7.15. The number of amides is 2. The maximum absolute atomic E-state index is 13.4. The minimum Gasteiger partial charge on any atom is -0.352 e. The first-order chi connectivity index (χ1) is 15.1. The summed E-state index contributed by atoms with van der Waals surface area (Å²) in [5.41, 5.74) is -1.98. The summed E-state index contributed by atoms with van der Waals surface area (Å²) in [5.74, 6) is -1.44. The van der Waals surface area contributed by atoms with Gasteiger partial charge in [-0.1, -0.05) is 18.0 Å². The molecule has 1 N–H and O–H groups in total. The van der Waals surface area contributed by atoms with Crippen LogP contribution in [0.2, 0.25) is 5.02 Å². The molecular formula is C22H26ClF4N3O2. The summed E-state index contributed by atoms with van der Waals surface area (Å²) >= 11 is 5.79. The van der Waals surface area contributed by atoms with Crippen molar-refractivity contribution in [1.82, 2.24) is 15.1 Å². The van der Waals surface area contributed by atoms with Gasteiger partial charge in [-0.2, -0.15) is 13.2 Å². The van der Waals surface area contributed by atoms with Gasteiger partial charge in [-0.25, -0.2) is 4.39 Å². The second-order valence-corrected chi connectivity index (χ2v) is 9.58. The van der Waals surface area contributed by atoms with Crippen molar-refractivity contribution in [2.45, 2.75) is 44.3 Å². The smallest absolute Gasteiger partial charge is 0.352 e. The molecule has 2 saturated heterocycles. The molecule has 0 aromatic heterocycles. The molecule has 1 aromatic carbocycles. The number of alkyl halides is 3. The third kappa shape index (κ3) is 4.46. The number of nitrogens with one attached hydrogen (secondary N) is 1. The number of hydrogen-bond donors (Lipinski definition) is 1. The lowest BCUT2D eigenvalue weighted by Gasteiger charge is -2.52. The van der Waals surface area contributed by atoms with Gasteiger partial charge in [0.1, 0.15) is 11.2 Å². The van der Waals surface area contributed by atoms with Crippen molar-refractivity contribution in [1.29, 1.82) is 0 Å². The van der Waals surface area contributed by atoms with E-state index in [1.807, 2.05) is 0 Å². The van der Waals surface area contributed by atoms with Crippen molar-refractivity contribution in [2.75, 3.05) is 32.7 Å². The fourth-order valence-electron chi connectivity index (χ4n) is 4.85. The molecule has 2 amide bonds. The minimum atomic E-state index is -4.48. The van der Waals surface area contributed by atoms with Crippen LogP contribution in [0.25, 0.3) is 0 Å². The van der Waals surface area contributed by atoms with E-state index in [4.69, 9.17) is 11.6 Å². The van der Waals surface area contributed by atoms with E-state index in [0.29, 0.717) is 26.1 Å². The Morgan fingerprint density at radius 3 is 2.31 bits per heavy atom. The molecule has 2 aliphatic heterocycles. The summed E-state index contributed by atoms with van der Waals surface area (Å²) in [6, 6.07) is 3.78. The Hall–Kier alpha value is -1.87. The third-order valence-corrected chi connectivity index (χ3v) is 7.37. The van der Waals surface area contributed by atoms with Crippen LogP contribution in [-0.4, -0.2) is 66.6 Å². The summed E-state index contributed by atoms with van der Waals surface area (Å²) in [5, 5.41) is 2.98. The Balaban J connectivity index is 1.20. The van der Waals surface area contributed by atoms with Gasteiger partial charge in [-0.15, -0.1) is 0 Å². The van der Waals surface area contributed by atoms with Gasteiger partial charge in [0, 0.05) is 36.3 Å². The maximum Gasteiger partial charge on any atom is 0.403 e. The van der Waals surface area contributed by atoms with E-state index in [-0.39, 0.29) is 41.3 Å². The highest BCUT2D eigenvalue weighted by Gasteiger charge is 2.65. The van der Waals surface area contributed by atoms with E-state index in [1.54, 1.807) is 0 Å². The predicted molar refractivity (Wildman–Crippen MR) is 111 cm³/mol. The molecule has 1 aromatic rings. The van der Waals surface area contributed by atoms with E-state index >= 15 is 0 Å². The standard InChI is InChI=1S/C22H26ClF4N3O2/c23-16-8-15(9-17(24)10-16)19(31)28-11-14-2-6-29(7-3-14)18-12-30(13-18)20(32)21(4-1-5-21)22(25,26)27/h8-10,14,18H,1-7,11-13H2,(H,28,31). The van der Waals surface area contributed by atoms with Gasteiger partial charge in [-0.05, 0) is 62.9 Å². The van der Waals surface area contributed by atoms with Crippen LogP contribution in [0.1, 0.15) is 42.5 Å². The zero-order valence-corrected chi connectivity index (χ0v) is 18.3. The molecule has 0 atom stereocenters. The van der Waals surface area contributed by atoms with Crippen LogP contribution in [0.3, 0.4) is 0 Å². The first kappa shape index (κ1) is 23.3. The summed E-state index contributed by atoms with van der Waals surface area (Å²) in [4.78, 5) is 28.3.